The number of fused-ring (bicyclic) bond motifs is 2. The summed E-state index contributed by atoms with van der Waals surface area (Å²) in [5.41, 5.74) is 7.14. The van der Waals surface area contributed by atoms with Gasteiger partial charge in [0.25, 0.3) is 5.91 Å². The molecule has 2 fully saturated rings. The molecule has 2 aromatic heterocycles. The van der Waals surface area contributed by atoms with Crippen molar-refractivity contribution in [1.82, 2.24) is 19.7 Å². The molecule has 1 aliphatic carbocycles. The van der Waals surface area contributed by atoms with E-state index >= 15 is 0 Å². The number of nitrogens with two attached hydrogens (primary N) is 1. The molecule has 182 valence electrons. The molecule has 1 aliphatic heterocycles. The molecule has 5 rings (SSSR count). The van der Waals surface area contributed by atoms with Crippen LogP contribution in [0.2, 0.25) is 5.02 Å². The lowest BCUT2D eigenvalue weighted by molar-refractivity contribution is -0.139. The van der Waals surface area contributed by atoms with Crippen LogP contribution in [0.15, 0.2) is 30.5 Å². The Bertz CT molecular complexity index is 1370. The van der Waals surface area contributed by atoms with Gasteiger partial charge < -0.3 is 10.6 Å². The zero-order valence-corrected chi connectivity index (χ0v) is 20.1. The van der Waals surface area contributed by atoms with E-state index in [0.29, 0.717) is 34.5 Å². The van der Waals surface area contributed by atoms with Crippen LogP contribution in [0.5, 0.6) is 0 Å². The molecule has 0 bridgehead atoms. The van der Waals surface area contributed by atoms with Gasteiger partial charge in [-0.1, -0.05) is 30.7 Å². The minimum Gasteiger partial charge on any atom is -0.364 e. The fourth-order valence-electron chi connectivity index (χ4n) is 5.36. The molecule has 0 spiro atoms. The molecule has 8 nitrogen and oxygen atoms in total. The average molecular weight is 498 g/mol. The first kappa shape index (κ1) is 23.4. The quantitative estimate of drug-likeness (QED) is 0.538. The Balaban J connectivity index is 1.37. The number of pyridine rings is 1. The Morgan fingerprint density at radius 2 is 2.03 bits per heavy atom. The molecule has 1 saturated carbocycles. The summed E-state index contributed by atoms with van der Waals surface area (Å²) in [6.45, 7) is 3.42. The molecule has 10 heteroatoms. The van der Waals surface area contributed by atoms with E-state index in [9.17, 15) is 18.8 Å². The van der Waals surface area contributed by atoms with E-state index in [2.05, 4.69) is 10.1 Å². The third kappa shape index (κ3) is 4.07. The first-order valence-electron chi connectivity index (χ1n) is 11.6. The minimum absolute atomic E-state index is 0.0197. The lowest BCUT2D eigenvalue weighted by Gasteiger charge is -2.28. The number of primary amides is 1. The Hall–Kier alpha value is -3.33. The van der Waals surface area contributed by atoms with E-state index in [1.807, 2.05) is 0 Å². The Morgan fingerprint density at radius 3 is 2.77 bits per heavy atom. The number of carbonyl (C=O) groups excluding carboxylic acids is 3. The van der Waals surface area contributed by atoms with Crippen LogP contribution >= 0.6 is 11.6 Å². The van der Waals surface area contributed by atoms with Gasteiger partial charge in [0, 0.05) is 24.0 Å². The Labute approximate surface area is 206 Å². The van der Waals surface area contributed by atoms with Crippen molar-refractivity contribution in [2.24, 2.45) is 11.7 Å². The van der Waals surface area contributed by atoms with Crippen LogP contribution in [0.25, 0.3) is 10.9 Å². The highest BCUT2D eigenvalue weighted by molar-refractivity contribution is 6.30. The highest BCUT2D eigenvalue weighted by Gasteiger charge is 2.55. The highest BCUT2D eigenvalue weighted by Crippen LogP contribution is 2.48. The number of Topliss-reactive ketones (excluding diaryl/α,β-unsaturated/α-hetero) is 1. The first-order valence-corrected chi connectivity index (χ1v) is 11.9. The molecular weight excluding hydrogens is 473 g/mol. The number of aryl methyl sites for hydroxylation is 1. The Kier molecular flexibility index (Phi) is 5.83. The number of hydrogen-bond acceptors (Lipinski definition) is 5. The number of hydrogen-bond donors (Lipinski definition) is 1. The van der Waals surface area contributed by atoms with Crippen molar-refractivity contribution in [3.63, 3.8) is 0 Å². The second-order valence-corrected chi connectivity index (χ2v) is 9.90. The standard InChI is InChI=1S/C25H25ClFN5O3/c1-12(15-4-3-5-17(26)22(15)27)8-20(33)19-10-14-9-18(14)32(19)21(34)11-31-24-13(2)29-7-6-16(24)23(30-31)25(28)35/h3-7,12,14,18-19H,8-11H2,1-2H3,(H2,28,35)/t12-,14+,18+,19-/m0/s1. The van der Waals surface area contributed by atoms with E-state index in [-0.39, 0.29) is 47.3 Å². The van der Waals surface area contributed by atoms with Gasteiger partial charge in [0.05, 0.1) is 22.3 Å². The molecule has 0 radical (unpaired) electrons. The van der Waals surface area contributed by atoms with Gasteiger partial charge in [0.15, 0.2) is 11.5 Å². The molecule has 35 heavy (non-hydrogen) atoms. The zero-order valence-electron chi connectivity index (χ0n) is 19.4. The number of rotatable bonds is 7. The minimum atomic E-state index is -0.689. The van der Waals surface area contributed by atoms with E-state index in [4.69, 9.17) is 17.3 Å². The predicted octanol–water partition coefficient (Wildman–Crippen LogP) is 3.38. The van der Waals surface area contributed by atoms with Crippen molar-refractivity contribution in [3.8, 4) is 0 Å². The number of nitrogens with zero attached hydrogens (tertiary/aromatic N) is 4. The predicted molar refractivity (Wildman–Crippen MR) is 127 cm³/mol. The van der Waals surface area contributed by atoms with Crippen molar-refractivity contribution in [2.45, 2.75) is 57.7 Å². The summed E-state index contributed by atoms with van der Waals surface area (Å²) < 4.78 is 15.9. The zero-order chi connectivity index (χ0) is 25.0. The topological polar surface area (TPSA) is 111 Å². The number of likely N-dealkylation sites (tertiary alicyclic amines) is 1. The van der Waals surface area contributed by atoms with E-state index in [1.165, 1.54) is 10.7 Å². The second-order valence-electron chi connectivity index (χ2n) is 9.49. The molecule has 3 heterocycles. The number of piperidine rings is 1. The molecular formula is C25H25ClFN5O3. The molecule has 1 aromatic carbocycles. The lowest BCUT2D eigenvalue weighted by Crippen LogP contribution is -2.45. The van der Waals surface area contributed by atoms with Crippen LogP contribution in [0, 0.1) is 18.7 Å². The number of halogens is 2. The molecule has 2 amide bonds. The summed E-state index contributed by atoms with van der Waals surface area (Å²) in [6, 6.07) is 5.86. The second kappa shape index (κ2) is 8.71. The fourth-order valence-corrected chi connectivity index (χ4v) is 5.54. The number of amides is 2. The van der Waals surface area contributed by atoms with Crippen LogP contribution < -0.4 is 5.73 Å². The molecule has 1 saturated heterocycles. The summed E-state index contributed by atoms with van der Waals surface area (Å²) in [7, 11) is 0. The van der Waals surface area contributed by atoms with Crippen molar-refractivity contribution >= 4 is 40.1 Å². The maximum atomic E-state index is 14.5. The SMILES string of the molecule is Cc1nccc2c(C(N)=O)nn(CC(=O)N3[C@@H]4C[C@@H]4C[C@H]3C(=O)C[C@H](C)c3cccc(Cl)c3F)c12. The van der Waals surface area contributed by atoms with Crippen LogP contribution in [-0.4, -0.2) is 49.3 Å². The normalized spacial score (nSPS) is 21.7. The molecule has 0 unspecified atom stereocenters. The first-order chi connectivity index (χ1) is 16.7. The van der Waals surface area contributed by atoms with Gasteiger partial charge in [-0.25, -0.2) is 4.39 Å². The molecule has 3 aromatic rings. The van der Waals surface area contributed by atoms with Crippen LogP contribution in [0.1, 0.15) is 53.8 Å². The van der Waals surface area contributed by atoms with Crippen LogP contribution in [-0.2, 0) is 16.1 Å². The lowest BCUT2D eigenvalue weighted by atomic mass is 9.91. The average Bonchev–Trinajstić information content (AvgIpc) is 3.29. The third-order valence-electron chi connectivity index (χ3n) is 7.14. The van der Waals surface area contributed by atoms with Gasteiger partial charge in [0.1, 0.15) is 12.4 Å². The summed E-state index contributed by atoms with van der Waals surface area (Å²) in [4.78, 5) is 44.5. The summed E-state index contributed by atoms with van der Waals surface area (Å²) in [6.07, 6.45) is 3.13. The highest BCUT2D eigenvalue weighted by atomic mass is 35.5. The number of ketones is 1. The monoisotopic (exact) mass is 497 g/mol. The van der Waals surface area contributed by atoms with E-state index < -0.39 is 17.8 Å². The number of benzene rings is 1. The van der Waals surface area contributed by atoms with E-state index in [1.54, 1.807) is 43.1 Å². The van der Waals surface area contributed by atoms with Crippen molar-refractivity contribution in [3.05, 3.63) is 58.3 Å². The van der Waals surface area contributed by atoms with Crippen LogP contribution in [0.3, 0.4) is 0 Å². The Morgan fingerprint density at radius 1 is 1.26 bits per heavy atom. The summed E-state index contributed by atoms with van der Waals surface area (Å²) >= 11 is 5.91. The summed E-state index contributed by atoms with van der Waals surface area (Å²) in [5, 5.41) is 4.85. The summed E-state index contributed by atoms with van der Waals surface area (Å²) in [5.74, 6) is -1.64. The van der Waals surface area contributed by atoms with Crippen molar-refractivity contribution in [2.75, 3.05) is 0 Å². The van der Waals surface area contributed by atoms with Gasteiger partial charge in [0.2, 0.25) is 5.91 Å². The maximum absolute atomic E-state index is 14.5. The molecule has 2 aliphatic rings. The number of aromatic nitrogens is 3. The maximum Gasteiger partial charge on any atom is 0.269 e. The smallest absolute Gasteiger partial charge is 0.269 e. The van der Waals surface area contributed by atoms with Crippen LogP contribution in [0.4, 0.5) is 4.39 Å². The molecule has 4 atom stereocenters. The van der Waals surface area contributed by atoms with Gasteiger partial charge in [-0.05, 0) is 49.3 Å². The van der Waals surface area contributed by atoms with Crippen molar-refractivity contribution < 1.29 is 18.8 Å². The van der Waals surface area contributed by atoms with E-state index in [0.717, 1.165) is 6.42 Å². The fraction of sp³-hybridized carbons (Fsp3) is 0.400. The van der Waals surface area contributed by atoms with Crippen molar-refractivity contribution in [1.29, 1.82) is 0 Å². The van der Waals surface area contributed by atoms with Gasteiger partial charge in [-0.15, -0.1) is 0 Å². The van der Waals surface area contributed by atoms with Gasteiger partial charge in [-0.2, -0.15) is 5.10 Å². The van der Waals surface area contributed by atoms with Gasteiger partial charge in [-0.3, -0.25) is 24.0 Å². The third-order valence-corrected chi connectivity index (χ3v) is 7.44. The number of carbonyl (C=O) groups is 3. The molecule has 2 N–H and O–H groups in total. The van der Waals surface area contributed by atoms with Gasteiger partial charge >= 0.3 is 0 Å². The largest absolute Gasteiger partial charge is 0.364 e.